The van der Waals surface area contributed by atoms with E-state index in [0.717, 1.165) is 6.42 Å². The smallest absolute Gasteiger partial charge is 0.243 e. The van der Waals surface area contributed by atoms with E-state index in [1.165, 1.54) is 5.56 Å². The molecule has 2 heteroatoms. The Hall–Kier alpha value is -1.44. The van der Waals surface area contributed by atoms with Gasteiger partial charge in [0, 0.05) is 6.42 Å². The molecule has 1 aromatic carbocycles. The lowest BCUT2D eigenvalue weighted by Crippen LogP contribution is -2.10. The lowest BCUT2D eigenvalue weighted by atomic mass is 10.1. The van der Waals surface area contributed by atoms with Crippen LogP contribution in [0.5, 0.6) is 0 Å². The zero-order valence-corrected chi connectivity index (χ0v) is 6.57. The van der Waals surface area contributed by atoms with Crippen molar-refractivity contribution in [2.75, 3.05) is 0 Å². The summed E-state index contributed by atoms with van der Waals surface area (Å²) in [5, 5.41) is 0. The third kappa shape index (κ3) is 1.59. The van der Waals surface area contributed by atoms with Crippen LogP contribution in [-0.4, -0.2) is 6.29 Å². The number of hydrogen-bond acceptors (Lipinski definition) is 2. The third-order valence-electron chi connectivity index (χ3n) is 1.71. The molecule has 1 aliphatic heterocycles. The summed E-state index contributed by atoms with van der Waals surface area (Å²) in [4.78, 5) is 0. The lowest BCUT2D eigenvalue weighted by molar-refractivity contribution is -0.0209. The zero-order valence-electron chi connectivity index (χ0n) is 6.57. The van der Waals surface area contributed by atoms with Crippen molar-refractivity contribution in [3.63, 3.8) is 0 Å². The maximum absolute atomic E-state index is 5.14. The van der Waals surface area contributed by atoms with Gasteiger partial charge in [-0.1, -0.05) is 24.3 Å². The SMILES string of the molecule is [c]1ccc(CC2OC=CO2)cc1. The van der Waals surface area contributed by atoms with Crippen molar-refractivity contribution in [2.24, 2.45) is 0 Å². The fourth-order valence-corrected chi connectivity index (χ4v) is 1.12. The first-order valence-electron chi connectivity index (χ1n) is 3.86. The molecule has 0 aliphatic carbocycles. The van der Waals surface area contributed by atoms with Gasteiger partial charge in [-0.15, -0.1) is 0 Å². The Balaban J connectivity index is 1.95. The molecule has 1 aliphatic rings. The van der Waals surface area contributed by atoms with E-state index < -0.39 is 0 Å². The number of rotatable bonds is 2. The van der Waals surface area contributed by atoms with E-state index in [0.29, 0.717) is 0 Å². The van der Waals surface area contributed by atoms with Gasteiger partial charge in [-0.05, 0) is 11.6 Å². The molecule has 0 N–H and O–H groups in total. The maximum Gasteiger partial charge on any atom is 0.243 e. The summed E-state index contributed by atoms with van der Waals surface area (Å²) in [5.74, 6) is 0. The molecule has 0 fully saturated rings. The highest BCUT2D eigenvalue weighted by atomic mass is 16.7. The molecule has 0 unspecified atom stereocenters. The second kappa shape index (κ2) is 3.30. The topological polar surface area (TPSA) is 18.5 Å². The van der Waals surface area contributed by atoms with Crippen LogP contribution in [0.3, 0.4) is 0 Å². The quantitative estimate of drug-likeness (QED) is 0.659. The molecular formula is C10H9O2. The molecule has 2 nitrogen and oxygen atoms in total. The van der Waals surface area contributed by atoms with E-state index >= 15 is 0 Å². The van der Waals surface area contributed by atoms with E-state index in [-0.39, 0.29) is 6.29 Å². The van der Waals surface area contributed by atoms with Crippen molar-refractivity contribution in [3.8, 4) is 0 Å². The van der Waals surface area contributed by atoms with Gasteiger partial charge in [0.05, 0.1) is 0 Å². The van der Waals surface area contributed by atoms with Crippen molar-refractivity contribution in [1.82, 2.24) is 0 Å². The zero-order chi connectivity index (χ0) is 8.23. The standard InChI is InChI=1S/C10H9O2/c1-2-4-9(5-3-1)8-10-11-6-7-12-10/h2-7,10H,8H2. The summed E-state index contributed by atoms with van der Waals surface area (Å²) in [6.07, 6.45) is 3.77. The van der Waals surface area contributed by atoms with Gasteiger partial charge in [-0.2, -0.15) is 0 Å². The molecule has 1 heterocycles. The Bertz CT molecular complexity index is 258. The summed E-state index contributed by atoms with van der Waals surface area (Å²) in [6, 6.07) is 10.7. The summed E-state index contributed by atoms with van der Waals surface area (Å²) >= 11 is 0. The minimum Gasteiger partial charge on any atom is -0.459 e. The highest BCUT2D eigenvalue weighted by molar-refractivity contribution is 5.14. The van der Waals surface area contributed by atoms with Crippen LogP contribution in [0.15, 0.2) is 36.8 Å². The Morgan fingerprint density at radius 2 is 1.83 bits per heavy atom. The normalized spacial score (nSPS) is 15.7. The molecule has 1 radical (unpaired) electrons. The molecule has 1 aromatic rings. The van der Waals surface area contributed by atoms with Crippen molar-refractivity contribution in [1.29, 1.82) is 0 Å². The van der Waals surface area contributed by atoms with Gasteiger partial charge in [0.25, 0.3) is 0 Å². The Kier molecular flexibility index (Phi) is 1.99. The number of hydrogen-bond donors (Lipinski definition) is 0. The number of ether oxygens (including phenoxy) is 2. The van der Waals surface area contributed by atoms with Crippen LogP contribution in [0.1, 0.15) is 5.56 Å². The molecule has 0 bridgehead atoms. The second-order valence-electron chi connectivity index (χ2n) is 2.59. The van der Waals surface area contributed by atoms with Gasteiger partial charge in [0.2, 0.25) is 6.29 Å². The molecule has 12 heavy (non-hydrogen) atoms. The third-order valence-corrected chi connectivity index (χ3v) is 1.71. The Labute approximate surface area is 71.4 Å². The minimum atomic E-state index is -0.146. The fourth-order valence-electron chi connectivity index (χ4n) is 1.12. The van der Waals surface area contributed by atoms with Gasteiger partial charge in [0.15, 0.2) is 0 Å². The summed E-state index contributed by atoms with van der Waals surface area (Å²) in [6.45, 7) is 0. The van der Waals surface area contributed by atoms with E-state index in [1.807, 2.05) is 24.3 Å². The average Bonchev–Trinajstić information content (AvgIpc) is 2.59. The summed E-state index contributed by atoms with van der Waals surface area (Å²) < 4.78 is 10.3. The monoisotopic (exact) mass is 161 g/mol. The summed E-state index contributed by atoms with van der Waals surface area (Å²) in [5.41, 5.74) is 1.20. The maximum atomic E-state index is 5.14. The molecule has 0 atom stereocenters. The molecule has 0 aromatic heterocycles. The predicted molar refractivity (Wildman–Crippen MR) is 44.1 cm³/mol. The van der Waals surface area contributed by atoms with Gasteiger partial charge in [0.1, 0.15) is 12.5 Å². The van der Waals surface area contributed by atoms with Crippen LogP contribution >= 0.6 is 0 Å². The van der Waals surface area contributed by atoms with E-state index in [9.17, 15) is 0 Å². The van der Waals surface area contributed by atoms with Gasteiger partial charge >= 0.3 is 0 Å². The van der Waals surface area contributed by atoms with E-state index in [1.54, 1.807) is 12.5 Å². The van der Waals surface area contributed by atoms with Crippen LogP contribution in [0, 0.1) is 6.07 Å². The molecule has 0 spiro atoms. The highest BCUT2D eigenvalue weighted by Crippen LogP contribution is 2.11. The first-order valence-corrected chi connectivity index (χ1v) is 3.86. The highest BCUT2D eigenvalue weighted by Gasteiger charge is 2.12. The van der Waals surface area contributed by atoms with Crippen molar-refractivity contribution in [2.45, 2.75) is 12.7 Å². The fraction of sp³-hybridized carbons (Fsp3) is 0.200. The van der Waals surface area contributed by atoms with Crippen molar-refractivity contribution < 1.29 is 9.47 Å². The van der Waals surface area contributed by atoms with Crippen LogP contribution in [0.25, 0.3) is 0 Å². The van der Waals surface area contributed by atoms with Gasteiger partial charge < -0.3 is 9.47 Å². The first-order chi connectivity index (χ1) is 5.95. The second-order valence-corrected chi connectivity index (χ2v) is 2.59. The van der Waals surface area contributed by atoms with Crippen molar-refractivity contribution >= 4 is 0 Å². The first kappa shape index (κ1) is 7.22. The summed E-state index contributed by atoms with van der Waals surface area (Å²) in [7, 11) is 0. The van der Waals surface area contributed by atoms with Gasteiger partial charge in [-0.25, -0.2) is 0 Å². The van der Waals surface area contributed by atoms with Crippen molar-refractivity contribution in [3.05, 3.63) is 48.4 Å². The van der Waals surface area contributed by atoms with Crippen LogP contribution in [0.2, 0.25) is 0 Å². The van der Waals surface area contributed by atoms with E-state index in [4.69, 9.17) is 9.47 Å². The largest absolute Gasteiger partial charge is 0.459 e. The lowest BCUT2D eigenvalue weighted by Gasteiger charge is -2.09. The molecule has 61 valence electrons. The van der Waals surface area contributed by atoms with Crippen LogP contribution in [0.4, 0.5) is 0 Å². The predicted octanol–water partition coefficient (Wildman–Crippen LogP) is 1.87. The average molecular weight is 161 g/mol. The number of benzene rings is 1. The van der Waals surface area contributed by atoms with Gasteiger partial charge in [-0.3, -0.25) is 0 Å². The Morgan fingerprint density at radius 3 is 2.50 bits per heavy atom. The molecule has 0 saturated carbocycles. The minimum absolute atomic E-state index is 0.146. The molecule has 2 rings (SSSR count). The van der Waals surface area contributed by atoms with Crippen LogP contribution < -0.4 is 0 Å². The Morgan fingerprint density at radius 1 is 1.17 bits per heavy atom. The van der Waals surface area contributed by atoms with Crippen LogP contribution in [-0.2, 0) is 15.9 Å². The van der Waals surface area contributed by atoms with E-state index in [2.05, 4.69) is 6.07 Å². The molecular weight excluding hydrogens is 152 g/mol. The molecule has 0 saturated heterocycles. The molecule has 0 amide bonds.